The van der Waals surface area contributed by atoms with Gasteiger partial charge in [0.15, 0.2) is 17.7 Å². The van der Waals surface area contributed by atoms with Crippen molar-refractivity contribution in [1.82, 2.24) is 19.5 Å². The van der Waals surface area contributed by atoms with Crippen molar-refractivity contribution in [2.45, 2.75) is 120 Å². The number of hydrogen-bond acceptors (Lipinski definition) is 14. The number of hydrazine groups is 1. The Balaban J connectivity index is 0.000000150. The van der Waals surface area contributed by atoms with Crippen molar-refractivity contribution in [3.05, 3.63) is 80.0 Å². The average Bonchev–Trinajstić information content (AvgIpc) is 3.83. The van der Waals surface area contributed by atoms with Crippen LogP contribution < -0.4 is 15.9 Å². The van der Waals surface area contributed by atoms with Gasteiger partial charge >= 0.3 is 0 Å². The number of aliphatic hydroxyl groups is 4. The second-order valence-electron chi connectivity index (χ2n) is 16.0. The number of pyridine rings is 3. The number of halogens is 3. The van der Waals surface area contributed by atoms with Gasteiger partial charge in [-0.05, 0) is 141 Å². The molecule has 4 aromatic rings. The normalized spacial score (nSPS) is 21.6. The number of hydrogen-bond donors (Lipinski definition) is 5. The molecule has 6 N–H and O–H groups in total. The van der Waals surface area contributed by atoms with Gasteiger partial charge in [0.05, 0.1) is 31.5 Å². The highest BCUT2D eigenvalue weighted by Crippen LogP contribution is 2.35. The number of ether oxygens (including phenoxy) is 2. The van der Waals surface area contributed by atoms with Gasteiger partial charge in [0.25, 0.3) is 0 Å². The lowest BCUT2D eigenvalue weighted by atomic mass is 9.92. The predicted octanol–water partition coefficient (Wildman–Crippen LogP) is 6.88. The van der Waals surface area contributed by atoms with Gasteiger partial charge in [0, 0.05) is 70.0 Å². The third-order valence-corrected chi connectivity index (χ3v) is 12.5. The van der Waals surface area contributed by atoms with Gasteiger partial charge in [0.2, 0.25) is 0 Å². The summed E-state index contributed by atoms with van der Waals surface area (Å²) in [5.41, 5.74) is 4.75. The zero-order valence-corrected chi connectivity index (χ0v) is 40.4. The lowest BCUT2D eigenvalue weighted by Crippen LogP contribution is -2.36. The predicted molar refractivity (Wildman–Crippen MR) is 251 cm³/mol. The molecule has 4 fully saturated rings. The van der Waals surface area contributed by atoms with Gasteiger partial charge in [0.1, 0.15) is 43.9 Å². The molecule has 5 heterocycles. The van der Waals surface area contributed by atoms with E-state index in [2.05, 4.69) is 85.5 Å². The first-order chi connectivity index (χ1) is 29.6. The second kappa shape index (κ2) is 24.3. The number of aromatic nitrogens is 4. The lowest BCUT2D eigenvalue weighted by Gasteiger charge is -2.33. The van der Waals surface area contributed by atoms with E-state index in [9.17, 15) is 20.1 Å². The van der Waals surface area contributed by atoms with E-state index in [1.165, 1.54) is 21.7 Å². The molecule has 2 unspecified atom stereocenters. The monoisotopic (exact) mass is 1050 g/mol. The van der Waals surface area contributed by atoms with E-state index < -0.39 is 0 Å². The van der Waals surface area contributed by atoms with Gasteiger partial charge in [-0.1, -0.05) is 12.1 Å². The molecule has 9 rings (SSSR count). The van der Waals surface area contributed by atoms with Crippen LogP contribution in [-0.4, -0.2) is 109 Å². The first-order valence-electron chi connectivity index (χ1n) is 21.1. The highest BCUT2D eigenvalue weighted by molar-refractivity contribution is 9.11. The molecule has 4 aliphatic carbocycles. The summed E-state index contributed by atoms with van der Waals surface area (Å²) in [6, 6.07) is 15.4. The molecule has 62 heavy (non-hydrogen) atoms. The fourth-order valence-corrected chi connectivity index (χ4v) is 8.65. The number of Topliss-reactive ketones (excluding diaryl/α,β-unsaturated/α-hetero) is 1. The first-order valence-corrected chi connectivity index (χ1v) is 23.5. The molecule has 0 amide bonds. The standard InChI is InChI=1S/C12H16BrN3O.C12H13BrN2O.C8H14O3.C6H8BrN3.C6H9O2/c1-16(12-4-2-3-11(13)14-12)15-9-5-7-10(17)8-6-9;1-15-10-4-2-7(16)6-9(10)8-3-5-11(13)14-12(8)15;9-7-1-3-8(4-2-7)10-5-6-11-8;1-10(8)6-4-2-3-5(7)9-6;7-5-1-2-6(8)4-3-5/h2-4,10,17H,5-8H2,1H3;3,5,7,16H,2,4,6H2,1H3;7,9H,1-6H2;2-4H,8H2,1H3;1,5,7H,2-4H2/q;;;;+1. The molecule has 1 aliphatic heterocycles. The number of aliphatic hydroxyl groups excluding tert-OH is 4. The maximum Gasteiger partial charge on any atom is 0.195 e. The number of nitrogens with zero attached hydrogens (tertiary/aromatic N) is 7. The number of carbonyl (C=O) groups excluding carboxylic acids is 1. The van der Waals surface area contributed by atoms with Crippen LogP contribution in [0.5, 0.6) is 0 Å². The molecular formula is C44H60Br3N8O7+. The van der Waals surface area contributed by atoms with Crippen molar-refractivity contribution in [2.75, 3.05) is 37.3 Å². The molecule has 5 aliphatic rings. The minimum absolute atomic E-state index is 0.131. The van der Waals surface area contributed by atoms with E-state index in [0.29, 0.717) is 19.3 Å². The van der Waals surface area contributed by atoms with Crippen LogP contribution in [0.3, 0.4) is 0 Å². The Morgan fingerprint density at radius 2 is 1.35 bits per heavy atom. The van der Waals surface area contributed by atoms with Crippen molar-refractivity contribution in [3.8, 4) is 0 Å². The zero-order chi connectivity index (χ0) is 44.8. The number of ketones is 1. The Hall–Kier alpha value is -3.04. The molecule has 1 spiro atoms. The third-order valence-electron chi connectivity index (χ3n) is 11.2. The van der Waals surface area contributed by atoms with Crippen LogP contribution in [0.15, 0.2) is 67.4 Å². The number of fused-ring (bicyclic) bond motifs is 3. The summed E-state index contributed by atoms with van der Waals surface area (Å²) in [6.07, 6.45) is 11.8. The van der Waals surface area contributed by atoms with E-state index in [-0.39, 0.29) is 36.0 Å². The largest absolute Gasteiger partial charge is 0.393 e. The fraction of sp³-hybridized carbons (Fsp3) is 0.545. The molecule has 0 bridgehead atoms. The van der Waals surface area contributed by atoms with Gasteiger partial charge in [-0.3, -0.25) is 14.8 Å². The zero-order valence-electron chi connectivity index (χ0n) is 35.7. The second-order valence-corrected chi connectivity index (χ2v) is 18.4. The maximum absolute atomic E-state index is 10.5. The van der Waals surface area contributed by atoms with Crippen LogP contribution in [0, 0.1) is 6.42 Å². The summed E-state index contributed by atoms with van der Waals surface area (Å²) in [4.78, 5) is 23.4. The summed E-state index contributed by atoms with van der Waals surface area (Å²) < 4.78 is 15.6. The van der Waals surface area contributed by atoms with Crippen LogP contribution >= 0.6 is 47.8 Å². The van der Waals surface area contributed by atoms with Crippen molar-refractivity contribution < 1.29 is 34.7 Å². The van der Waals surface area contributed by atoms with E-state index in [1.54, 1.807) is 18.5 Å². The van der Waals surface area contributed by atoms with Crippen molar-refractivity contribution in [2.24, 2.45) is 18.0 Å². The van der Waals surface area contributed by atoms with Crippen molar-refractivity contribution >= 4 is 82.0 Å². The summed E-state index contributed by atoms with van der Waals surface area (Å²) >= 11 is 9.98. The molecule has 3 saturated carbocycles. The number of carbonyl (C=O) groups is 1. The van der Waals surface area contributed by atoms with Crippen LogP contribution in [0.4, 0.5) is 11.6 Å². The van der Waals surface area contributed by atoms with E-state index in [0.717, 1.165) is 121 Å². The van der Waals surface area contributed by atoms with E-state index >= 15 is 0 Å². The van der Waals surface area contributed by atoms with Gasteiger partial charge in [-0.25, -0.2) is 20.8 Å². The first kappa shape index (κ1) is 50.0. The Bertz CT molecular complexity index is 2050. The van der Waals surface area contributed by atoms with Gasteiger partial charge < -0.3 is 34.5 Å². The quantitative estimate of drug-likeness (QED) is 0.0616. The van der Waals surface area contributed by atoms with Crippen LogP contribution in [0.25, 0.3) is 11.0 Å². The topological polar surface area (TPSA) is 205 Å². The van der Waals surface area contributed by atoms with Gasteiger partial charge in [-0.2, -0.15) is 5.10 Å². The van der Waals surface area contributed by atoms with E-state index in [1.807, 2.05) is 49.5 Å². The van der Waals surface area contributed by atoms with Crippen molar-refractivity contribution in [3.63, 3.8) is 0 Å². The average molecular weight is 1050 g/mol. The molecule has 2 atom stereocenters. The Labute approximate surface area is 389 Å². The lowest BCUT2D eigenvalue weighted by molar-refractivity contribution is -0.187. The molecule has 0 aromatic carbocycles. The summed E-state index contributed by atoms with van der Waals surface area (Å²) in [5, 5.41) is 46.2. The minimum atomic E-state index is -0.326. The number of nitrogens with two attached hydrogens (primary N) is 1. The molecule has 18 heteroatoms. The SMILES string of the molecule is CN(N)c1cccc(Br)n1.CN(N=C1CCC(O)CC1)c1cccc(Br)n1.Cn1c2c(c3ccc(Br)nc31)CC(O)CC2.O=C1C[CH+]C(O)CC1.OC1CCC2(CC1)OCCO2. The Morgan fingerprint density at radius 1 is 0.774 bits per heavy atom. The molecule has 4 aromatic heterocycles. The number of rotatable bonds is 3. The molecular weight excluding hydrogens is 992 g/mol. The number of anilines is 2. The number of aryl methyl sites for hydroxylation is 1. The summed E-state index contributed by atoms with van der Waals surface area (Å²) in [7, 11) is 5.69. The van der Waals surface area contributed by atoms with Crippen LogP contribution in [-0.2, 0) is 34.2 Å². The highest BCUT2D eigenvalue weighted by atomic mass is 79.9. The van der Waals surface area contributed by atoms with Gasteiger partial charge in [-0.15, -0.1) is 0 Å². The fourth-order valence-electron chi connectivity index (χ4n) is 7.68. The Morgan fingerprint density at radius 3 is 1.92 bits per heavy atom. The molecule has 15 nitrogen and oxygen atoms in total. The van der Waals surface area contributed by atoms with E-state index in [4.69, 9.17) is 20.4 Å². The van der Waals surface area contributed by atoms with Crippen LogP contribution in [0.2, 0.25) is 0 Å². The van der Waals surface area contributed by atoms with Crippen molar-refractivity contribution in [1.29, 1.82) is 0 Å². The maximum atomic E-state index is 10.5. The summed E-state index contributed by atoms with van der Waals surface area (Å²) in [5.74, 6) is 6.93. The Kier molecular flexibility index (Phi) is 19.6. The third kappa shape index (κ3) is 15.3. The minimum Gasteiger partial charge on any atom is -0.393 e. The van der Waals surface area contributed by atoms with Crippen LogP contribution in [0.1, 0.15) is 88.3 Å². The smallest absolute Gasteiger partial charge is 0.195 e. The summed E-state index contributed by atoms with van der Waals surface area (Å²) in [6.45, 7) is 1.44. The highest BCUT2D eigenvalue weighted by Gasteiger charge is 2.39. The molecule has 0 radical (unpaired) electrons. The number of hydrazone groups is 1. The molecule has 338 valence electrons. The molecule has 1 saturated heterocycles.